The second-order valence-electron chi connectivity index (χ2n) is 12.4. The molecule has 0 aliphatic carbocycles. The molecule has 0 fully saturated rings. The lowest BCUT2D eigenvalue weighted by molar-refractivity contribution is 0.0794. The molecule has 4 aromatic heterocycles. The Labute approximate surface area is 295 Å². The lowest BCUT2D eigenvalue weighted by Gasteiger charge is -2.16. The average molecular weight is 692 g/mol. The molecule has 2 amide bonds. The summed E-state index contributed by atoms with van der Waals surface area (Å²) in [4.78, 5) is 36.6. The van der Waals surface area contributed by atoms with Crippen LogP contribution in [0.5, 0.6) is 0 Å². The van der Waals surface area contributed by atoms with Crippen LogP contribution in [0.25, 0.3) is 22.1 Å². The predicted octanol–water partition coefficient (Wildman–Crippen LogP) is 4.70. The van der Waals surface area contributed by atoms with Gasteiger partial charge in [0.25, 0.3) is 5.91 Å². The zero-order chi connectivity index (χ0) is 36.2. The van der Waals surface area contributed by atoms with Crippen molar-refractivity contribution in [1.82, 2.24) is 43.6 Å². The molecule has 0 radical (unpaired) electrons. The number of anilines is 4. The number of nitrogens with two attached hydrogens (primary N) is 2. The van der Waals surface area contributed by atoms with Crippen LogP contribution >= 0.6 is 0 Å². The molecule has 51 heavy (non-hydrogen) atoms. The first-order chi connectivity index (χ1) is 24.6. The number of carbonyl (C=O) groups excluding carboxylic acids is 2. The van der Waals surface area contributed by atoms with Crippen LogP contribution in [0.15, 0.2) is 60.7 Å². The first-order valence-corrected chi connectivity index (χ1v) is 17.1. The molecule has 0 unspecified atom stereocenters. The smallest absolute Gasteiger partial charge is 0.253 e. The molecule has 0 bridgehead atoms. The number of rotatable bonds is 15. The minimum Gasteiger partial charge on any atom is -0.366 e. The number of carbonyl (C=O) groups is 2. The van der Waals surface area contributed by atoms with Crippen LogP contribution in [0.3, 0.4) is 0 Å². The Morgan fingerprint density at radius 3 is 1.75 bits per heavy atom. The molecule has 6 aromatic rings. The van der Waals surface area contributed by atoms with E-state index in [4.69, 9.17) is 21.4 Å². The number of imidazole rings is 2. The minimum atomic E-state index is -0.509. The maximum atomic E-state index is 13.2. The van der Waals surface area contributed by atoms with Crippen LogP contribution in [-0.2, 0) is 26.2 Å². The van der Waals surface area contributed by atoms with Crippen molar-refractivity contribution in [1.29, 1.82) is 0 Å². The number of nitrogens with one attached hydrogen (secondary N) is 2. The number of nitrogens with zero attached hydrogens (tertiary/aromatic N) is 9. The van der Waals surface area contributed by atoms with Gasteiger partial charge in [0.1, 0.15) is 11.6 Å². The topological polar surface area (TPSA) is 185 Å². The zero-order valence-corrected chi connectivity index (χ0v) is 29.7. The predicted molar refractivity (Wildman–Crippen MR) is 200 cm³/mol. The highest BCUT2D eigenvalue weighted by molar-refractivity contribution is 5.98. The molecular formula is C36H45N13O2. The third-order valence-electron chi connectivity index (χ3n) is 8.70. The third kappa shape index (κ3) is 7.33. The van der Waals surface area contributed by atoms with Gasteiger partial charge in [0.2, 0.25) is 17.8 Å². The van der Waals surface area contributed by atoms with E-state index < -0.39 is 5.91 Å². The first kappa shape index (κ1) is 34.9. The van der Waals surface area contributed by atoms with Gasteiger partial charge in [-0.1, -0.05) is 12.2 Å². The molecule has 15 nitrogen and oxygen atoms in total. The summed E-state index contributed by atoms with van der Waals surface area (Å²) in [6.45, 7) is 11.4. The minimum absolute atomic E-state index is 0.0777. The second kappa shape index (κ2) is 14.9. The van der Waals surface area contributed by atoms with Crippen molar-refractivity contribution >= 4 is 57.4 Å². The highest BCUT2D eigenvalue weighted by Crippen LogP contribution is 2.27. The fourth-order valence-corrected chi connectivity index (χ4v) is 6.12. The van der Waals surface area contributed by atoms with Crippen LogP contribution in [0.1, 0.15) is 52.4 Å². The highest BCUT2D eigenvalue weighted by Gasteiger charge is 2.18. The Morgan fingerprint density at radius 1 is 0.784 bits per heavy atom. The molecule has 0 aliphatic rings. The van der Waals surface area contributed by atoms with Gasteiger partial charge in [0, 0.05) is 63.0 Å². The highest BCUT2D eigenvalue weighted by atomic mass is 16.2. The van der Waals surface area contributed by atoms with Crippen LogP contribution in [-0.4, -0.2) is 75.5 Å². The second-order valence-corrected chi connectivity index (χ2v) is 12.4. The van der Waals surface area contributed by atoms with Gasteiger partial charge in [-0.05, 0) is 77.1 Å². The molecule has 15 heteroatoms. The standard InChI is InChI=1S/C36H45N13O2/c1-6-48-31(19-23(3)43-48)41-35-39-27-21-25(33(38)50)11-13-29(27)46(35)17-8-9-18-47-30-14-12-26(34(51)45(5)16-10-15-37)22-28(30)40-36(47)42-32-20-24(4)44-49(32)7-2/h8-9,11-14,19-22H,6-7,10,15-18,37H2,1-5H3,(H2,38,50)(H,39,41)(H,40,42)/b9-8+. The number of aromatic nitrogens is 8. The van der Waals surface area contributed by atoms with Crippen LogP contribution < -0.4 is 22.1 Å². The summed E-state index contributed by atoms with van der Waals surface area (Å²) in [5.41, 5.74) is 17.1. The van der Waals surface area contributed by atoms with E-state index in [0.717, 1.165) is 40.5 Å². The van der Waals surface area contributed by atoms with Gasteiger partial charge < -0.3 is 36.1 Å². The lowest BCUT2D eigenvalue weighted by atomic mass is 10.1. The van der Waals surface area contributed by atoms with E-state index in [0.29, 0.717) is 73.3 Å². The van der Waals surface area contributed by atoms with E-state index in [1.54, 1.807) is 24.1 Å². The molecule has 2 aromatic carbocycles. The summed E-state index contributed by atoms with van der Waals surface area (Å²) in [6, 6.07) is 14.9. The third-order valence-corrected chi connectivity index (χ3v) is 8.70. The quantitative estimate of drug-likeness (QED) is 0.111. The Hall–Kier alpha value is -5.96. The van der Waals surface area contributed by atoms with Crippen molar-refractivity contribution in [3.63, 3.8) is 0 Å². The number of benzene rings is 2. The van der Waals surface area contributed by atoms with Gasteiger partial charge >= 0.3 is 0 Å². The summed E-state index contributed by atoms with van der Waals surface area (Å²) in [5.74, 6) is 2.29. The van der Waals surface area contributed by atoms with E-state index in [-0.39, 0.29) is 5.91 Å². The van der Waals surface area contributed by atoms with E-state index in [2.05, 4.69) is 37.6 Å². The maximum absolute atomic E-state index is 13.2. The van der Waals surface area contributed by atoms with Crippen molar-refractivity contribution in [2.24, 2.45) is 11.5 Å². The fourth-order valence-electron chi connectivity index (χ4n) is 6.12. The van der Waals surface area contributed by atoms with Crippen molar-refractivity contribution in [3.8, 4) is 0 Å². The molecule has 0 atom stereocenters. The molecule has 266 valence electrons. The number of amides is 2. The number of hydrogen-bond acceptors (Lipinski definition) is 9. The van der Waals surface area contributed by atoms with Gasteiger partial charge in [-0.3, -0.25) is 9.59 Å². The van der Waals surface area contributed by atoms with Gasteiger partial charge in [0.05, 0.1) is 33.5 Å². The first-order valence-electron chi connectivity index (χ1n) is 17.1. The van der Waals surface area contributed by atoms with Crippen molar-refractivity contribution < 1.29 is 9.59 Å². The fraction of sp³-hybridized carbons (Fsp3) is 0.333. The normalized spacial score (nSPS) is 11.6. The largest absolute Gasteiger partial charge is 0.366 e. The van der Waals surface area contributed by atoms with E-state index in [1.165, 1.54) is 0 Å². The number of aryl methyl sites for hydroxylation is 4. The van der Waals surface area contributed by atoms with E-state index in [9.17, 15) is 9.59 Å². The average Bonchev–Trinajstić information content (AvgIpc) is 3.86. The van der Waals surface area contributed by atoms with Gasteiger partial charge in [-0.15, -0.1) is 0 Å². The SMILES string of the molecule is CCn1nc(C)cc1Nc1nc2cc(C(N)=O)ccc2n1C/C=C/Cn1c(Nc2cc(C)nn2CC)nc2cc(C(=O)N(C)CCCN)ccc21. The summed E-state index contributed by atoms with van der Waals surface area (Å²) in [5, 5.41) is 16.1. The summed E-state index contributed by atoms with van der Waals surface area (Å²) in [7, 11) is 1.78. The number of fused-ring (bicyclic) bond motifs is 2. The van der Waals surface area contributed by atoms with Gasteiger partial charge in [0.15, 0.2) is 0 Å². The molecule has 0 saturated carbocycles. The Kier molecular flexibility index (Phi) is 10.2. The lowest BCUT2D eigenvalue weighted by Crippen LogP contribution is -2.28. The molecule has 0 spiro atoms. The maximum Gasteiger partial charge on any atom is 0.253 e. The summed E-state index contributed by atoms with van der Waals surface area (Å²) < 4.78 is 7.90. The van der Waals surface area contributed by atoms with Crippen molar-refractivity contribution in [3.05, 3.63) is 83.2 Å². The Morgan fingerprint density at radius 2 is 1.27 bits per heavy atom. The Balaban J connectivity index is 1.33. The van der Waals surface area contributed by atoms with Gasteiger partial charge in [-0.25, -0.2) is 19.3 Å². The number of hydrogen-bond donors (Lipinski definition) is 4. The molecule has 6 N–H and O–H groups in total. The monoisotopic (exact) mass is 691 g/mol. The van der Waals surface area contributed by atoms with Crippen LogP contribution in [0, 0.1) is 13.8 Å². The number of primary amides is 1. The Bertz CT molecular complexity index is 2240. The van der Waals surface area contributed by atoms with Crippen LogP contribution in [0.4, 0.5) is 23.5 Å². The van der Waals surface area contributed by atoms with Crippen molar-refractivity contribution in [2.45, 2.75) is 60.3 Å². The molecule has 6 rings (SSSR count). The molecular weight excluding hydrogens is 646 g/mol. The van der Waals surface area contributed by atoms with E-state index in [1.807, 2.05) is 78.0 Å². The molecule has 0 saturated heterocycles. The van der Waals surface area contributed by atoms with Crippen LogP contribution in [0.2, 0.25) is 0 Å². The molecule has 0 aliphatic heterocycles. The summed E-state index contributed by atoms with van der Waals surface area (Å²) >= 11 is 0. The molecule has 4 heterocycles. The summed E-state index contributed by atoms with van der Waals surface area (Å²) in [6.07, 6.45) is 4.87. The van der Waals surface area contributed by atoms with Crippen molar-refractivity contribution in [2.75, 3.05) is 30.8 Å². The van der Waals surface area contributed by atoms with E-state index >= 15 is 0 Å². The zero-order valence-electron chi connectivity index (χ0n) is 29.7. The number of allylic oxidation sites excluding steroid dienone is 2. The van der Waals surface area contributed by atoms with Gasteiger partial charge in [-0.2, -0.15) is 10.2 Å².